The van der Waals surface area contributed by atoms with E-state index in [-0.39, 0.29) is 11.6 Å². The molecule has 0 bridgehead atoms. The molecule has 4 heteroatoms. The van der Waals surface area contributed by atoms with E-state index >= 15 is 0 Å². The van der Waals surface area contributed by atoms with Crippen molar-refractivity contribution in [2.24, 2.45) is 0 Å². The van der Waals surface area contributed by atoms with Gasteiger partial charge in [-0.05, 0) is 37.5 Å². The predicted molar refractivity (Wildman–Crippen MR) is 92.3 cm³/mol. The van der Waals surface area contributed by atoms with Crippen LogP contribution in [0, 0.1) is 6.92 Å². The number of nitrogens with zero attached hydrogens (tertiary/aromatic N) is 3. The molecule has 0 radical (unpaired) electrons. The molecule has 4 nitrogen and oxygen atoms in total. The van der Waals surface area contributed by atoms with E-state index in [2.05, 4.69) is 16.5 Å². The fourth-order valence-electron chi connectivity index (χ4n) is 2.95. The Balaban J connectivity index is 2.07. The summed E-state index contributed by atoms with van der Waals surface area (Å²) in [6, 6.07) is 9.99. The molecule has 4 rings (SSSR count). The Hall–Kier alpha value is -2.75. The molecule has 2 aromatic heterocycles. The lowest BCUT2D eigenvalue weighted by molar-refractivity contribution is 0.726. The monoisotopic (exact) mass is 303 g/mol. The zero-order chi connectivity index (χ0) is 16.0. The van der Waals surface area contributed by atoms with Gasteiger partial charge in [-0.3, -0.25) is 9.36 Å². The SMILES string of the molecule is C=Cc1cc(C)ccc1-c1nc2cccnc2n(C2CC2)c1=O. The van der Waals surface area contributed by atoms with Gasteiger partial charge in [-0.25, -0.2) is 9.97 Å². The maximum atomic E-state index is 13.0. The topological polar surface area (TPSA) is 47.8 Å². The second-order valence-electron chi connectivity index (χ2n) is 6.01. The number of aryl methyl sites for hydroxylation is 1. The van der Waals surface area contributed by atoms with Crippen LogP contribution >= 0.6 is 0 Å². The number of benzene rings is 1. The Morgan fingerprint density at radius 1 is 1.30 bits per heavy atom. The lowest BCUT2D eigenvalue weighted by atomic mass is 10.0. The highest BCUT2D eigenvalue weighted by Gasteiger charge is 2.28. The third kappa shape index (κ3) is 2.27. The van der Waals surface area contributed by atoms with Crippen molar-refractivity contribution in [3.8, 4) is 11.3 Å². The van der Waals surface area contributed by atoms with Gasteiger partial charge in [-0.2, -0.15) is 0 Å². The van der Waals surface area contributed by atoms with Crippen LogP contribution in [0.4, 0.5) is 0 Å². The highest BCUT2D eigenvalue weighted by atomic mass is 16.1. The van der Waals surface area contributed by atoms with Crippen molar-refractivity contribution in [1.82, 2.24) is 14.5 Å². The Bertz CT molecular complexity index is 984. The van der Waals surface area contributed by atoms with Gasteiger partial charge >= 0.3 is 0 Å². The van der Waals surface area contributed by atoms with Gasteiger partial charge in [0.25, 0.3) is 5.56 Å². The molecule has 0 saturated heterocycles. The quantitative estimate of drug-likeness (QED) is 0.740. The standard InChI is InChI=1S/C19H17N3O/c1-3-13-11-12(2)6-9-15(13)17-19(23)22(14-7-8-14)18-16(21-17)5-4-10-20-18/h3-6,9-11,14H,1,7-8H2,2H3. The van der Waals surface area contributed by atoms with Gasteiger partial charge in [0.2, 0.25) is 0 Å². The van der Waals surface area contributed by atoms with Crippen LogP contribution in [0.15, 0.2) is 47.9 Å². The van der Waals surface area contributed by atoms with E-state index in [1.165, 1.54) is 0 Å². The second kappa shape index (κ2) is 5.16. The summed E-state index contributed by atoms with van der Waals surface area (Å²) >= 11 is 0. The third-order valence-electron chi connectivity index (χ3n) is 4.24. The summed E-state index contributed by atoms with van der Waals surface area (Å²) in [4.78, 5) is 22.0. The number of fused-ring (bicyclic) bond motifs is 1. The van der Waals surface area contributed by atoms with Gasteiger partial charge in [-0.1, -0.05) is 36.4 Å². The van der Waals surface area contributed by atoms with Crippen LogP contribution in [-0.4, -0.2) is 14.5 Å². The highest BCUT2D eigenvalue weighted by molar-refractivity contribution is 5.78. The number of aromatic nitrogens is 3. The fourth-order valence-corrected chi connectivity index (χ4v) is 2.95. The van der Waals surface area contributed by atoms with Crippen LogP contribution < -0.4 is 5.56 Å². The van der Waals surface area contributed by atoms with Crippen LogP contribution in [0.1, 0.15) is 30.0 Å². The van der Waals surface area contributed by atoms with Crippen molar-refractivity contribution >= 4 is 17.2 Å². The number of pyridine rings is 1. The summed E-state index contributed by atoms with van der Waals surface area (Å²) in [7, 11) is 0. The van der Waals surface area contributed by atoms with Crippen molar-refractivity contribution in [3.63, 3.8) is 0 Å². The minimum atomic E-state index is -0.0642. The molecular weight excluding hydrogens is 286 g/mol. The Labute approximate surface area is 134 Å². The average Bonchev–Trinajstić information content (AvgIpc) is 3.39. The first-order valence-corrected chi connectivity index (χ1v) is 7.80. The third-order valence-corrected chi connectivity index (χ3v) is 4.24. The van der Waals surface area contributed by atoms with Crippen molar-refractivity contribution in [3.05, 3.63) is 64.6 Å². The minimum Gasteiger partial charge on any atom is -0.286 e. The predicted octanol–water partition coefficient (Wildman–Crippen LogP) is 3.74. The minimum absolute atomic E-state index is 0.0642. The first-order valence-electron chi connectivity index (χ1n) is 7.80. The van der Waals surface area contributed by atoms with Gasteiger partial charge in [-0.15, -0.1) is 0 Å². The van der Waals surface area contributed by atoms with Gasteiger partial charge in [0.1, 0.15) is 11.2 Å². The maximum Gasteiger partial charge on any atom is 0.279 e. The summed E-state index contributed by atoms with van der Waals surface area (Å²) in [6.07, 6.45) is 5.54. The second-order valence-corrected chi connectivity index (χ2v) is 6.01. The Kier molecular flexibility index (Phi) is 3.11. The van der Waals surface area contributed by atoms with Gasteiger partial charge in [0.15, 0.2) is 5.65 Å². The zero-order valence-corrected chi connectivity index (χ0v) is 13.0. The number of rotatable bonds is 3. The van der Waals surface area contributed by atoms with Crippen molar-refractivity contribution in [1.29, 1.82) is 0 Å². The van der Waals surface area contributed by atoms with Crippen LogP contribution in [0.25, 0.3) is 28.5 Å². The van der Waals surface area contributed by atoms with E-state index in [1.807, 2.05) is 41.8 Å². The Morgan fingerprint density at radius 2 is 2.13 bits per heavy atom. The molecular formula is C19H17N3O. The van der Waals surface area contributed by atoms with Crippen molar-refractivity contribution in [2.75, 3.05) is 0 Å². The maximum absolute atomic E-state index is 13.0. The molecule has 2 heterocycles. The largest absolute Gasteiger partial charge is 0.286 e. The summed E-state index contributed by atoms with van der Waals surface area (Å²) in [5, 5.41) is 0. The normalized spacial score (nSPS) is 14.1. The molecule has 0 spiro atoms. The van der Waals surface area contributed by atoms with Crippen LogP contribution in [0.3, 0.4) is 0 Å². The summed E-state index contributed by atoms with van der Waals surface area (Å²) in [5.74, 6) is 0. The molecule has 0 atom stereocenters. The Morgan fingerprint density at radius 3 is 2.87 bits per heavy atom. The molecule has 1 aliphatic rings. The van der Waals surface area contributed by atoms with Gasteiger partial charge in [0, 0.05) is 17.8 Å². The van der Waals surface area contributed by atoms with E-state index in [1.54, 1.807) is 12.3 Å². The van der Waals surface area contributed by atoms with E-state index < -0.39 is 0 Å². The molecule has 0 aliphatic heterocycles. The first-order chi connectivity index (χ1) is 11.2. The van der Waals surface area contributed by atoms with E-state index in [0.717, 1.165) is 35.0 Å². The number of hydrogen-bond donors (Lipinski definition) is 0. The van der Waals surface area contributed by atoms with Gasteiger partial charge in [0.05, 0.1) is 0 Å². The molecule has 1 saturated carbocycles. The fraction of sp³-hybridized carbons (Fsp3) is 0.211. The van der Waals surface area contributed by atoms with E-state index in [0.29, 0.717) is 11.3 Å². The summed E-state index contributed by atoms with van der Waals surface area (Å²) in [6.45, 7) is 5.90. The van der Waals surface area contributed by atoms with Gasteiger partial charge < -0.3 is 0 Å². The highest BCUT2D eigenvalue weighted by Crippen LogP contribution is 2.36. The summed E-state index contributed by atoms with van der Waals surface area (Å²) in [5.41, 5.74) is 4.74. The molecule has 1 fully saturated rings. The molecule has 0 unspecified atom stereocenters. The molecule has 3 aromatic rings. The molecule has 114 valence electrons. The summed E-state index contributed by atoms with van der Waals surface area (Å²) < 4.78 is 1.81. The van der Waals surface area contributed by atoms with Crippen LogP contribution in [0.5, 0.6) is 0 Å². The zero-order valence-electron chi connectivity index (χ0n) is 13.0. The van der Waals surface area contributed by atoms with Crippen molar-refractivity contribution < 1.29 is 0 Å². The van der Waals surface area contributed by atoms with Crippen molar-refractivity contribution in [2.45, 2.75) is 25.8 Å². The smallest absolute Gasteiger partial charge is 0.279 e. The van der Waals surface area contributed by atoms with E-state index in [9.17, 15) is 4.79 Å². The molecule has 1 aromatic carbocycles. The lowest BCUT2D eigenvalue weighted by Gasteiger charge is -2.12. The number of hydrogen-bond acceptors (Lipinski definition) is 3. The van der Waals surface area contributed by atoms with Crippen LogP contribution in [-0.2, 0) is 0 Å². The van der Waals surface area contributed by atoms with E-state index in [4.69, 9.17) is 0 Å². The molecule has 23 heavy (non-hydrogen) atoms. The first kappa shape index (κ1) is 13.9. The molecule has 1 aliphatic carbocycles. The molecule has 0 amide bonds. The van der Waals surface area contributed by atoms with Crippen LogP contribution in [0.2, 0.25) is 0 Å². The average molecular weight is 303 g/mol. The molecule has 0 N–H and O–H groups in total. The lowest BCUT2D eigenvalue weighted by Crippen LogP contribution is -2.23.